The van der Waals surface area contributed by atoms with E-state index in [1.54, 1.807) is 67.6 Å². The smallest absolute Gasteiger partial charge is 0.343 e. The van der Waals surface area contributed by atoms with Gasteiger partial charge in [0.25, 0.3) is 0 Å². The molecule has 0 saturated carbocycles. The zero-order valence-corrected chi connectivity index (χ0v) is 27.2. The van der Waals surface area contributed by atoms with Crippen LogP contribution in [0.15, 0.2) is 142 Å². The van der Waals surface area contributed by atoms with Crippen molar-refractivity contribution in [2.24, 2.45) is 20.5 Å². The molecule has 0 atom stereocenters. The van der Waals surface area contributed by atoms with E-state index >= 15 is 0 Å². The van der Waals surface area contributed by atoms with Crippen LogP contribution in [0.4, 0.5) is 28.4 Å². The van der Waals surface area contributed by atoms with E-state index in [0.29, 0.717) is 64.3 Å². The molecule has 0 spiro atoms. The Balaban J connectivity index is 1.13. The van der Waals surface area contributed by atoms with Gasteiger partial charge < -0.3 is 19.9 Å². The van der Waals surface area contributed by atoms with Crippen molar-refractivity contribution in [2.45, 2.75) is 32.6 Å². The number of azo groups is 2. The van der Waals surface area contributed by atoms with Gasteiger partial charge in [-0.15, -0.1) is 5.11 Å². The molecule has 0 bridgehead atoms. The third-order valence-electron chi connectivity index (χ3n) is 7.34. The average Bonchev–Trinajstić information content (AvgIpc) is 3.12. The summed E-state index contributed by atoms with van der Waals surface area (Å²) in [6.07, 6.45) is 3.56. The number of nitrogens with zero attached hydrogens (tertiary/aromatic N) is 4. The molecular weight excluding hydrogens is 618 g/mol. The maximum absolute atomic E-state index is 13.0. The first-order valence-electron chi connectivity index (χ1n) is 15.9. The van der Waals surface area contributed by atoms with Crippen LogP contribution in [0.25, 0.3) is 10.8 Å². The van der Waals surface area contributed by atoms with E-state index in [1.807, 2.05) is 48.5 Å². The van der Waals surface area contributed by atoms with Gasteiger partial charge in [0.2, 0.25) is 0 Å². The number of hydrogen-bond donors (Lipinski definition) is 1. The van der Waals surface area contributed by atoms with Gasteiger partial charge >= 0.3 is 11.9 Å². The fraction of sp³-hybridized carbons (Fsp3) is 0.179. The second-order valence-corrected chi connectivity index (χ2v) is 11.2. The van der Waals surface area contributed by atoms with Gasteiger partial charge in [-0.05, 0) is 118 Å². The number of benzene rings is 5. The summed E-state index contributed by atoms with van der Waals surface area (Å²) in [5, 5.41) is 18.9. The maximum Gasteiger partial charge on any atom is 0.343 e. The van der Waals surface area contributed by atoms with Crippen LogP contribution in [-0.4, -0.2) is 25.2 Å². The summed E-state index contributed by atoms with van der Waals surface area (Å²) < 4.78 is 16.7. The number of esters is 2. The van der Waals surface area contributed by atoms with E-state index in [2.05, 4.69) is 27.0 Å². The molecule has 10 nitrogen and oxygen atoms in total. The molecule has 0 heterocycles. The number of nitrogen functional groups attached to an aromatic ring is 1. The lowest BCUT2D eigenvalue weighted by atomic mass is 10.1. The van der Waals surface area contributed by atoms with Crippen LogP contribution < -0.4 is 15.2 Å². The molecule has 0 amide bonds. The topological polar surface area (TPSA) is 137 Å². The Kier molecular flexibility index (Phi) is 11.9. The molecule has 0 radical (unpaired) electrons. The number of unbranched alkanes of at least 4 members (excludes halogenated alkanes) is 3. The maximum atomic E-state index is 13.0. The summed E-state index contributed by atoms with van der Waals surface area (Å²) in [4.78, 5) is 24.4. The van der Waals surface area contributed by atoms with Crippen molar-refractivity contribution in [3.8, 4) is 11.5 Å². The van der Waals surface area contributed by atoms with Gasteiger partial charge in [-0.25, -0.2) is 9.59 Å². The lowest BCUT2D eigenvalue weighted by molar-refractivity contribution is -0.139. The Hall–Kier alpha value is -6.16. The van der Waals surface area contributed by atoms with Crippen LogP contribution in [0.3, 0.4) is 0 Å². The number of carbonyl (C=O) groups is 2. The first kappa shape index (κ1) is 34.2. The van der Waals surface area contributed by atoms with Gasteiger partial charge in [0, 0.05) is 22.0 Å². The zero-order chi connectivity index (χ0) is 34.4. The highest BCUT2D eigenvalue weighted by atomic mass is 16.5. The van der Waals surface area contributed by atoms with Crippen LogP contribution in [0, 0.1) is 0 Å². The van der Waals surface area contributed by atoms with Gasteiger partial charge in [0.1, 0.15) is 11.5 Å². The minimum atomic E-state index is -0.480. The highest BCUT2D eigenvalue weighted by Gasteiger charge is 2.13. The molecule has 5 aromatic carbocycles. The van der Waals surface area contributed by atoms with E-state index in [9.17, 15) is 9.59 Å². The Labute approximate surface area is 285 Å². The van der Waals surface area contributed by atoms with E-state index in [1.165, 1.54) is 0 Å². The monoisotopic (exact) mass is 655 g/mol. The minimum Gasteiger partial charge on any atom is -0.494 e. The van der Waals surface area contributed by atoms with Crippen molar-refractivity contribution in [2.75, 3.05) is 18.9 Å². The third-order valence-corrected chi connectivity index (χ3v) is 7.34. The normalized spacial score (nSPS) is 11.2. The molecule has 49 heavy (non-hydrogen) atoms. The number of anilines is 1. The summed E-state index contributed by atoms with van der Waals surface area (Å²) in [5.41, 5.74) is 9.87. The van der Waals surface area contributed by atoms with Crippen molar-refractivity contribution in [3.63, 3.8) is 0 Å². The lowest BCUT2D eigenvalue weighted by Gasteiger charge is -2.10. The second kappa shape index (κ2) is 17.1. The Morgan fingerprint density at radius 1 is 0.653 bits per heavy atom. The average molecular weight is 656 g/mol. The molecule has 0 aliphatic carbocycles. The van der Waals surface area contributed by atoms with Crippen molar-refractivity contribution in [1.82, 2.24) is 0 Å². The summed E-state index contributed by atoms with van der Waals surface area (Å²) in [7, 11) is 0. The molecule has 0 fully saturated rings. The van der Waals surface area contributed by atoms with Crippen LogP contribution in [0.5, 0.6) is 11.5 Å². The Morgan fingerprint density at radius 3 is 1.86 bits per heavy atom. The largest absolute Gasteiger partial charge is 0.494 e. The predicted octanol–water partition coefficient (Wildman–Crippen LogP) is 10.5. The first-order chi connectivity index (χ1) is 23.9. The molecule has 10 heteroatoms. The Morgan fingerprint density at radius 2 is 1.22 bits per heavy atom. The molecule has 0 unspecified atom stereocenters. The number of ether oxygens (including phenoxy) is 3. The van der Waals surface area contributed by atoms with Crippen LogP contribution in [0.1, 0.15) is 43.0 Å². The molecule has 0 saturated heterocycles. The summed E-state index contributed by atoms with van der Waals surface area (Å²) >= 11 is 0. The molecular formula is C39H37N5O5. The second-order valence-electron chi connectivity index (χ2n) is 11.2. The molecule has 0 aromatic heterocycles. The number of carbonyl (C=O) groups excluding carboxylic acids is 2. The fourth-order valence-electron chi connectivity index (χ4n) is 4.67. The van der Waals surface area contributed by atoms with Gasteiger partial charge in [0.05, 0.1) is 41.5 Å². The number of rotatable bonds is 15. The lowest BCUT2D eigenvalue weighted by Crippen LogP contribution is -2.08. The Bertz CT molecular complexity index is 1950. The molecule has 248 valence electrons. The molecule has 5 aromatic rings. The highest BCUT2D eigenvalue weighted by Crippen LogP contribution is 2.35. The standard InChI is InChI=1S/C39H37N5O5/c1-27(2)38(45)48-26-8-4-3-7-25-47-33-21-11-28(12-22-33)39(46)49-37-24-23-36(34-9-5-6-10-35(34)37)44-43-32-19-17-31(18-20-32)42-41-30-15-13-29(40)14-16-30/h5-6,9-24H,1,3-4,7-8,25-26,40H2,2H3/b42-41+,44-43+. The molecule has 0 aliphatic rings. The van der Waals surface area contributed by atoms with E-state index in [4.69, 9.17) is 19.9 Å². The molecule has 0 aliphatic heterocycles. The SMILES string of the molecule is C=C(C)C(=O)OCCCCCCOc1ccc(C(=O)Oc2ccc(/N=N/c3ccc(/N=N/c4ccc(N)cc4)cc3)c3ccccc23)cc1. The number of nitrogens with two attached hydrogens (primary N) is 1. The van der Waals surface area contributed by atoms with Gasteiger partial charge in [0.15, 0.2) is 0 Å². The van der Waals surface area contributed by atoms with Crippen LogP contribution in [-0.2, 0) is 9.53 Å². The van der Waals surface area contributed by atoms with Crippen LogP contribution >= 0.6 is 0 Å². The quantitative estimate of drug-likeness (QED) is 0.0297. The summed E-state index contributed by atoms with van der Waals surface area (Å²) in [5.74, 6) is 0.262. The number of hydrogen-bond acceptors (Lipinski definition) is 10. The summed E-state index contributed by atoms with van der Waals surface area (Å²) in [6, 6.07) is 32.3. The summed E-state index contributed by atoms with van der Waals surface area (Å²) in [6.45, 7) is 6.15. The predicted molar refractivity (Wildman–Crippen MR) is 191 cm³/mol. The van der Waals surface area contributed by atoms with Crippen LogP contribution in [0.2, 0.25) is 0 Å². The van der Waals surface area contributed by atoms with Crippen molar-refractivity contribution < 1.29 is 23.8 Å². The van der Waals surface area contributed by atoms with E-state index in [-0.39, 0.29) is 5.97 Å². The third kappa shape index (κ3) is 10.2. The first-order valence-corrected chi connectivity index (χ1v) is 15.9. The van der Waals surface area contributed by atoms with Crippen molar-refractivity contribution >= 4 is 51.1 Å². The zero-order valence-electron chi connectivity index (χ0n) is 27.2. The van der Waals surface area contributed by atoms with E-state index < -0.39 is 5.97 Å². The fourth-order valence-corrected chi connectivity index (χ4v) is 4.67. The van der Waals surface area contributed by atoms with Gasteiger partial charge in [-0.2, -0.15) is 15.3 Å². The molecule has 2 N–H and O–H groups in total. The highest BCUT2D eigenvalue weighted by molar-refractivity contribution is 5.99. The molecule has 5 rings (SSSR count). The van der Waals surface area contributed by atoms with E-state index in [0.717, 1.165) is 36.5 Å². The number of fused-ring (bicyclic) bond motifs is 1. The van der Waals surface area contributed by atoms with Gasteiger partial charge in [-0.1, -0.05) is 30.8 Å². The van der Waals surface area contributed by atoms with Crippen molar-refractivity contribution in [1.29, 1.82) is 0 Å². The van der Waals surface area contributed by atoms with Gasteiger partial charge in [-0.3, -0.25) is 0 Å². The minimum absolute atomic E-state index is 0.351. The van der Waals surface area contributed by atoms with Crippen molar-refractivity contribution in [3.05, 3.63) is 127 Å².